The summed E-state index contributed by atoms with van der Waals surface area (Å²) in [5.41, 5.74) is 0. The lowest BCUT2D eigenvalue weighted by atomic mass is 9.94. The lowest BCUT2D eigenvalue weighted by Gasteiger charge is -2.34. The molecule has 108 valence electrons. The summed E-state index contributed by atoms with van der Waals surface area (Å²) in [5, 5.41) is 3.39. The molecule has 1 unspecified atom stereocenters. The van der Waals surface area contributed by atoms with Crippen LogP contribution in [-0.4, -0.2) is 60.9 Å². The normalized spacial score (nSPS) is 24.4. The van der Waals surface area contributed by atoms with Gasteiger partial charge in [-0.2, -0.15) is 0 Å². The summed E-state index contributed by atoms with van der Waals surface area (Å²) < 4.78 is 0. The van der Waals surface area contributed by atoms with Crippen LogP contribution < -0.4 is 5.32 Å². The zero-order chi connectivity index (χ0) is 13.7. The molecule has 5 nitrogen and oxygen atoms in total. The summed E-state index contributed by atoms with van der Waals surface area (Å²) in [4.78, 5) is 27.1. The molecule has 0 aliphatic carbocycles. The van der Waals surface area contributed by atoms with Crippen molar-refractivity contribution in [1.29, 1.82) is 0 Å². The lowest BCUT2D eigenvalue weighted by molar-refractivity contribution is -0.138. The van der Waals surface area contributed by atoms with Gasteiger partial charge >= 0.3 is 0 Å². The highest BCUT2D eigenvalue weighted by atomic mass is 16.2. The monoisotopic (exact) mass is 267 g/mol. The molecule has 2 aliphatic heterocycles. The first kappa shape index (κ1) is 14.3. The van der Waals surface area contributed by atoms with Gasteiger partial charge in [0.2, 0.25) is 11.8 Å². The van der Waals surface area contributed by atoms with Crippen molar-refractivity contribution in [3.63, 3.8) is 0 Å². The molecular formula is C14H25N3O2. The van der Waals surface area contributed by atoms with Crippen molar-refractivity contribution in [2.24, 2.45) is 5.92 Å². The molecule has 0 saturated carbocycles. The van der Waals surface area contributed by atoms with Crippen LogP contribution in [0.25, 0.3) is 0 Å². The van der Waals surface area contributed by atoms with E-state index in [1.165, 1.54) is 12.8 Å². The van der Waals surface area contributed by atoms with Gasteiger partial charge in [-0.25, -0.2) is 0 Å². The van der Waals surface area contributed by atoms with E-state index in [0.29, 0.717) is 38.5 Å². The van der Waals surface area contributed by atoms with Crippen LogP contribution >= 0.6 is 0 Å². The minimum atomic E-state index is 0.111. The van der Waals surface area contributed by atoms with E-state index in [1.54, 1.807) is 6.92 Å². The molecule has 19 heavy (non-hydrogen) atoms. The highest BCUT2D eigenvalue weighted by molar-refractivity contribution is 5.77. The maximum absolute atomic E-state index is 12.1. The van der Waals surface area contributed by atoms with Crippen LogP contribution in [0.2, 0.25) is 0 Å². The number of piperidine rings is 1. The molecular weight excluding hydrogens is 242 g/mol. The number of carbonyl (C=O) groups excluding carboxylic acids is 2. The van der Waals surface area contributed by atoms with Crippen LogP contribution in [0.3, 0.4) is 0 Å². The first-order chi connectivity index (χ1) is 9.16. The Morgan fingerprint density at radius 3 is 2.42 bits per heavy atom. The Morgan fingerprint density at radius 1 is 1.16 bits per heavy atom. The van der Waals surface area contributed by atoms with Crippen molar-refractivity contribution in [2.45, 2.75) is 32.6 Å². The van der Waals surface area contributed by atoms with Gasteiger partial charge in [0.1, 0.15) is 0 Å². The molecule has 0 spiro atoms. The number of hydrogen-bond acceptors (Lipinski definition) is 3. The first-order valence-corrected chi connectivity index (χ1v) is 7.41. The third kappa shape index (κ3) is 4.20. The number of nitrogens with zero attached hydrogens (tertiary/aromatic N) is 2. The van der Waals surface area contributed by atoms with E-state index in [0.717, 1.165) is 19.5 Å². The Labute approximate surface area is 115 Å². The summed E-state index contributed by atoms with van der Waals surface area (Å²) in [6.07, 6.45) is 4.14. The zero-order valence-corrected chi connectivity index (χ0v) is 11.9. The number of nitrogens with one attached hydrogen (secondary N) is 1. The van der Waals surface area contributed by atoms with Crippen molar-refractivity contribution in [3.8, 4) is 0 Å². The molecule has 2 saturated heterocycles. The van der Waals surface area contributed by atoms with Gasteiger partial charge in [0.05, 0.1) is 0 Å². The van der Waals surface area contributed by atoms with Crippen LogP contribution in [0, 0.1) is 5.92 Å². The smallest absolute Gasteiger partial charge is 0.222 e. The summed E-state index contributed by atoms with van der Waals surface area (Å²) in [6.45, 7) is 6.54. The maximum atomic E-state index is 12.1. The highest BCUT2D eigenvalue weighted by Crippen LogP contribution is 2.17. The third-order valence-electron chi connectivity index (χ3n) is 4.24. The fourth-order valence-electron chi connectivity index (χ4n) is 2.93. The summed E-state index contributed by atoms with van der Waals surface area (Å²) in [6, 6.07) is 0. The van der Waals surface area contributed by atoms with E-state index in [9.17, 15) is 9.59 Å². The number of piperazine rings is 1. The molecule has 2 fully saturated rings. The van der Waals surface area contributed by atoms with Gasteiger partial charge in [-0.15, -0.1) is 0 Å². The van der Waals surface area contributed by atoms with Crippen molar-refractivity contribution in [1.82, 2.24) is 15.1 Å². The topological polar surface area (TPSA) is 52.7 Å². The van der Waals surface area contributed by atoms with Gasteiger partial charge in [-0.3, -0.25) is 9.59 Å². The third-order valence-corrected chi connectivity index (χ3v) is 4.24. The number of hydrogen-bond donors (Lipinski definition) is 1. The summed E-state index contributed by atoms with van der Waals surface area (Å²) in [7, 11) is 0. The van der Waals surface area contributed by atoms with E-state index in [2.05, 4.69) is 5.32 Å². The van der Waals surface area contributed by atoms with Crippen LogP contribution in [-0.2, 0) is 9.59 Å². The van der Waals surface area contributed by atoms with E-state index in [-0.39, 0.29) is 11.8 Å². The quantitative estimate of drug-likeness (QED) is 0.808. The summed E-state index contributed by atoms with van der Waals surface area (Å²) >= 11 is 0. The Balaban J connectivity index is 1.67. The molecule has 0 aromatic carbocycles. The van der Waals surface area contributed by atoms with Gasteiger partial charge in [0.15, 0.2) is 0 Å². The van der Waals surface area contributed by atoms with Crippen LogP contribution in [0.1, 0.15) is 32.6 Å². The second-order valence-corrected chi connectivity index (χ2v) is 5.64. The molecule has 2 amide bonds. The second kappa shape index (κ2) is 6.89. The Bertz CT molecular complexity index is 319. The van der Waals surface area contributed by atoms with E-state index in [4.69, 9.17) is 0 Å². The van der Waals surface area contributed by atoms with Crippen molar-refractivity contribution in [3.05, 3.63) is 0 Å². The predicted octanol–water partition coefficient (Wildman–Crippen LogP) is 0.457. The molecule has 0 aromatic heterocycles. The highest BCUT2D eigenvalue weighted by Gasteiger charge is 2.23. The molecule has 2 rings (SSSR count). The second-order valence-electron chi connectivity index (χ2n) is 5.64. The van der Waals surface area contributed by atoms with Gasteiger partial charge in [-0.05, 0) is 38.3 Å². The Morgan fingerprint density at radius 2 is 1.84 bits per heavy atom. The van der Waals surface area contributed by atoms with Gasteiger partial charge in [0.25, 0.3) is 0 Å². The van der Waals surface area contributed by atoms with Crippen molar-refractivity contribution >= 4 is 11.8 Å². The summed E-state index contributed by atoms with van der Waals surface area (Å²) in [5.74, 6) is 1.03. The van der Waals surface area contributed by atoms with Crippen molar-refractivity contribution < 1.29 is 9.59 Å². The minimum absolute atomic E-state index is 0.111. The SMILES string of the molecule is CC(=O)N1CCN(C(=O)CCC2CCCNC2)CC1. The predicted molar refractivity (Wildman–Crippen MR) is 73.7 cm³/mol. The van der Waals surface area contributed by atoms with E-state index < -0.39 is 0 Å². The fourth-order valence-corrected chi connectivity index (χ4v) is 2.93. The maximum Gasteiger partial charge on any atom is 0.222 e. The average Bonchev–Trinajstić information content (AvgIpc) is 2.46. The van der Waals surface area contributed by atoms with Crippen LogP contribution in [0.5, 0.6) is 0 Å². The standard InChI is InChI=1S/C14H25N3O2/c1-12(18)16-7-9-17(10-8-16)14(19)5-4-13-3-2-6-15-11-13/h13,15H,2-11H2,1H3. The van der Waals surface area contributed by atoms with E-state index in [1.807, 2.05) is 9.80 Å². The molecule has 0 bridgehead atoms. The zero-order valence-electron chi connectivity index (χ0n) is 11.9. The van der Waals surface area contributed by atoms with Gasteiger partial charge in [0, 0.05) is 39.5 Å². The Kier molecular flexibility index (Phi) is 5.19. The van der Waals surface area contributed by atoms with E-state index >= 15 is 0 Å². The molecule has 2 heterocycles. The lowest BCUT2D eigenvalue weighted by Crippen LogP contribution is -2.50. The number of carbonyl (C=O) groups is 2. The minimum Gasteiger partial charge on any atom is -0.339 e. The number of amides is 2. The molecule has 2 aliphatic rings. The number of rotatable bonds is 3. The van der Waals surface area contributed by atoms with Crippen molar-refractivity contribution in [2.75, 3.05) is 39.3 Å². The molecule has 1 atom stereocenters. The average molecular weight is 267 g/mol. The van der Waals surface area contributed by atoms with Crippen LogP contribution in [0.4, 0.5) is 0 Å². The Hall–Kier alpha value is -1.10. The molecule has 0 radical (unpaired) electrons. The van der Waals surface area contributed by atoms with Gasteiger partial charge < -0.3 is 15.1 Å². The molecule has 1 N–H and O–H groups in total. The largest absolute Gasteiger partial charge is 0.339 e. The first-order valence-electron chi connectivity index (χ1n) is 7.41. The molecule has 5 heteroatoms. The molecule has 0 aromatic rings. The van der Waals surface area contributed by atoms with Gasteiger partial charge in [-0.1, -0.05) is 0 Å². The van der Waals surface area contributed by atoms with Crippen LogP contribution in [0.15, 0.2) is 0 Å². The fraction of sp³-hybridized carbons (Fsp3) is 0.857.